The number of rotatable bonds is 1. The minimum absolute atomic E-state index is 0.389. The van der Waals surface area contributed by atoms with Crippen LogP contribution in [0.1, 0.15) is 49.1 Å². The van der Waals surface area contributed by atoms with Gasteiger partial charge in [0.05, 0.1) is 0 Å². The fourth-order valence-electron chi connectivity index (χ4n) is 4.55. The Morgan fingerprint density at radius 1 is 1.26 bits per heavy atom. The van der Waals surface area contributed by atoms with Gasteiger partial charge in [-0.15, -0.1) is 0 Å². The molecule has 1 N–H and O–H groups in total. The molecule has 0 spiro atoms. The summed E-state index contributed by atoms with van der Waals surface area (Å²) in [6.07, 6.45) is 7.85. The summed E-state index contributed by atoms with van der Waals surface area (Å²) in [5, 5.41) is 2.16. The zero-order valence-electron chi connectivity index (χ0n) is 11.7. The van der Waals surface area contributed by atoms with Crippen molar-refractivity contribution >= 4 is 22.7 Å². The highest BCUT2D eigenvalue weighted by atomic mass is 32.2. The van der Waals surface area contributed by atoms with E-state index in [1.54, 1.807) is 11.3 Å². The van der Waals surface area contributed by atoms with E-state index in [2.05, 4.69) is 54.2 Å². The van der Waals surface area contributed by atoms with Crippen molar-refractivity contribution < 1.29 is 0 Å². The molecule has 0 saturated heterocycles. The molecule has 1 fully saturated rings. The molecule has 2 heteroatoms. The highest BCUT2D eigenvalue weighted by molar-refractivity contribution is 7.98. The summed E-state index contributed by atoms with van der Waals surface area (Å²) in [6.45, 7) is 2.50. The smallest absolute Gasteiger partial charge is 0.0459 e. The first-order valence-electron chi connectivity index (χ1n) is 7.39. The maximum absolute atomic E-state index is 3.77. The number of H-pyrrole nitrogens is 1. The molecule has 1 nitrogen and oxygen atoms in total. The second kappa shape index (κ2) is 4.05. The number of para-hydroxylation sites is 1. The van der Waals surface area contributed by atoms with Gasteiger partial charge in [-0.25, -0.2) is 0 Å². The lowest BCUT2D eigenvalue weighted by molar-refractivity contribution is 0.219. The van der Waals surface area contributed by atoms with Gasteiger partial charge in [0.2, 0.25) is 0 Å². The number of hydrogen-bond acceptors (Lipinski definition) is 1. The zero-order valence-corrected chi connectivity index (χ0v) is 12.5. The Morgan fingerprint density at radius 3 is 2.95 bits per heavy atom. The van der Waals surface area contributed by atoms with Crippen LogP contribution >= 0.6 is 11.8 Å². The van der Waals surface area contributed by atoms with E-state index in [1.165, 1.54) is 36.6 Å². The number of hydrogen-bond donors (Lipinski definition) is 1. The van der Waals surface area contributed by atoms with Crippen molar-refractivity contribution in [3.8, 4) is 0 Å². The normalized spacial score (nSPS) is 33.4. The summed E-state index contributed by atoms with van der Waals surface area (Å²) in [5.41, 5.74) is 4.90. The van der Waals surface area contributed by atoms with Crippen LogP contribution in [0.15, 0.2) is 24.3 Å². The Labute approximate surface area is 119 Å². The highest BCUT2D eigenvalue weighted by Crippen LogP contribution is 2.61. The first-order valence-corrected chi connectivity index (χ1v) is 8.68. The first kappa shape index (κ1) is 11.9. The van der Waals surface area contributed by atoms with Gasteiger partial charge in [0.15, 0.2) is 0 Å². The maximum Gasteiger partial charge on any atom is 0.0459 e. The fraction of sp³-hybridized carbons (Fsp3) is 0.529. The van der Waals surface area contributed by atoms with Gasteiger partial charge in [0, 0.05) is 27.3 Å². The van der Waals surface area contributed by atoms with Gasteiger partial charge in [0.1, 0.15) is 0 Å². The first-order chi connectivity index (χ1) is 9.25. The van der Waals surface area contributed by atoms with Crippen LogP contribution in [0, 0.1) is 5.92 Å². The molecule has 0 unspecified atom stereocenters. The van der Waals surface area contributed by atoms with E-state index in [1.807, 2.05) is 0 Å². The molecule has 1 heterocycles. The summed E-state index contributed by atoms with van der Waals surface area (Å²) in [7, 11) is 0. The average Bonchev–Trinajstić information content (AvgIpc) is 2.92. The van der Waals surface area contributed by atoms with Gasteiger partial charge in [-0.05, 0) is 36.6 Å². The predicted molar refractivity (Wildman–Crippen MR) is 83.9 cm³/mol. The maximum atomic E-state index is 3.77. The third kappa shape index (κ3) is 1.44. The van der Waals surface area contributed by atoms with Crippen molar-refractivity contribution in [2.45, 2.75) is 43.3 Å². The number of nitrogens with one attached hydrogen (secondary N) is 1. The van der Waals surface area contributed by atoms with Gasteiger partial charge >= 0.3 is 0 Å². The third-order valence-corrected chi connectivity index (χ3v) is 6.57. The largest absolute Gasteiger partial charge is 0.358 e. The molecule has 0 amide bonds. The van der Waals surface area contributed by atoms with Crippen LogP contribution in [0.4, 0.5) is 0 Å². The minimum atomic E-state index is 0.389. The minimum Gasteiger partial charge on any atom is -0.358 e. The van der Waals surface area contributed by atoms with Crippen LogP contribution < -0.4 is 0 Å². The molecule has 1 aromatic carbocycles. The van der Waals surface area contributed by atoms with Crippen LogP contribution in [0.2, 0.25) is 0 Å². The molecule has 0 aliphatic heterocycles. The molecule has 2 aliphatic carbocycles. The van der Waals surface area contributed by atoms with Crippen LogP contribution in [-0.2, 0) is 5.41 Å². The van der Waals surface area contributed by atoms with E-state index in [0.29, 0.717) is 10.7 Å². The number of aromatic amines is 1. The monoisotopic (exact) mass is 271 g/mol. The molecule has 2 aromatic rings. The Hall–Kier alpha value is -0.890. The van der Waals surface area contributed by atoms with Crippen molar-refractivity contribution in [3.63, 3.8) is 0 Å². The second-order valence-electron chi connectivity index (χ2n) is 6.39. The van der Waals surface area contributed by atoms with Gasteiger partial charge in [-0.2, -0.15) is 11.8 Å². The molecule has 100 valence electrons. The Bertz CT molecular complexity index is 629. The van der Waals surface area contributed by atoms with Crippen LogP contribution in [0.5, 0.6) is 0 Å². The molecule has 2 aliphatic rings. The second-order valence-corrected chi connectivity index (χ2v) is 7.36. The van der Waals surface area contributed by atoms with Crippen LogP contribution in [0.25, 0.3) is 10.9 Å². The standard InChI is InChI=1S/C17H21NS/c1-17-10-6-5-8-12(17)15(19-2)14-11-7-3-4-9-13(11)18-16(14)17/h3-4,7,9,12,15,18H,5-6,8,10H2,1-2H3/t12-,15-,17-/m1/s1. The lowest BCUT2D eigenvalue weighted by Gasteiger charge is -2.38. The van der Waals surface area contributed by atoms with E-state index in [9.17, 15) is 0 Å². The Morgan fingerprint density at radius 2 is 2.11 bits per heavy atom. The number of thioether (sulfide) groups is 1. The molecule has 1 saturated carbocycles. The van der Waals surface area contributed by atoms with E-state index in [4.69, 9.17) is 0 Å². The van der Waals surface area contributed by atoms with Crippen LogP contribution in [-0.4, -0.2) is 11.2 Å². The number of fused-ring (bicyclic) bond motifs is 5. The highest BCUT2D eigenvalue weighted by Gasteiger charge is 2.51. The van der Waals surface area contributed by atoms with E-state index >= 15 is 0 Å². The Kier molecular flexibility index (Phi) is 2.54. The van der Waals surface area contributed by atoms with Crippen LogP contribution in [0.3, 0.4) is 0 Å². The quantitative estimate of drug-likeness (QED) is 0.769. The number of aromatic nitrogens is 1. The fourth-order valence-corrected chi connectivity index (χ4v) is 5.79. The van der Waals surface area contributed by atoms with Crippen molar-refractivity contribution in [1.82, 2.24) is 4.98 Å². The predicted octanol–water partition coefficient (Wildman–Crippen LogP) is 5.03. The topological polar surface area (TPSA) is 15.8 Å². The zero-order chi connectivity index (χ0) is 13.0. The van der Waals surface area contributed by atoms with Crippen molar-refractivity contribution in [2.75, 3.05) is 6.26 Å². The van der Waals surface area contributed by atoms with Crippen molar-refractivity contribution in [3.05, 3.63) is 35.5 Å². The molecule has 0 bridgehead atoms. The molecule has 3 atom stereocenters. The third-order valence-electron chi connectivity index (χ3n) is 5.50. The molecule has 1 aromatic heterocycles. The summed E-state index contributed by atoms with van der Waals surface area (Å²) >= 11 is 2.06. The van der Waals surface area contributed by atoms with Gasteiger partial charge in [0.25, 0.3) is 0 Å². The van der Waals surface area contributed by atoms with Crippen molar-refractivity contribution in [1.29, 1.82) is 0 Å². The molecule has 0 radical (unpaired) electrons. The van der Waals surface area contributed by atoms with E-state index < -0.39 is 0 Å². The van der Waals surface area contributed by atoms with Gasteiger partial charge in [-0.1, -0.05) is 38.0 Å². The lowest BCUT2D eigenvalue weighted by atomic mass is 9.69. The Balaban J connectivity index is 2.00. The summed E-state index contributed by atoms with van der Waals surface area (Å²) < 4.78 is 0. The van der Waals surface area contributed by atoms with E-state index in [0.717, 1.165) is 5.92 Å². The van der Waals surface area contributed by atoms with Crippen molar-refractivity contribution in [2.24, 2.45) is 5.92 Å². The SMILES string of the molecule is CS[C@H]1c2c([nH]c3ccccc23)[C@]2(C)CCCC[C@H]12. The van der Waals surface area contributed by atoms with E-state index in [-0.39, 0.29) is 0 Å². The molecule has 4 rings (SSSR count). The lowest BCUT2D eigenvalue weighted by Crippen LogP contribution is -2.32. The van der Waals surface area contributed by atoms with Gasteiger partial charge < -0.3 is 4.98 Å². The average molecular weight is 271 g/mol. The summed E-state index contributed by atoms with van der Waals surface area (Å²) in [4.78, 5) is 3.77. The molecular formula is C17H21NS. The summed E-state index contributed by atoms with van der Waals surface area (Å²) in [6, 6.07) is 8.85. The van der Waals surface area contributed by atoms with Gasteiger partial charge in [-0.3, -0.25) is 0 Å². The summed E-state index contributed by atoms with van der Waals surface area (Å²) in [5.74, 6) is 0.835. The molecule has 19 heavy (non-hydrogen) atoms. The molecular weight excluding hydrogens is 250 g/mol. The number of benzene rings is 1.